The molecule has 19 heavy (non-hydrogen) atoms. The van der Waals surface area contributed by atoms with Crippen LogP contribution in [-0.4, -0.2) is 41.4 Å². The number of benzene rings is 1. The molecule has 0 saturated carbocycles. The smallest absolute Gasteiger partial charge is 0.254 e. The minimum absolute atomic E-state index is 0.000667. The van der Waals surface area contributed by atoms with Crippen molar-refractivity contribution in [1.29, 1.82) is 0 Å². The van der Waals surface area contributed by atoms with Crippen LogP contribution in [0.15, 0.2) is 24.3 Å². The number of aliphatic hydroxyl groups is 1. The van der Waals surface area contributed by atoms with Crippen molar-refractivity contribution in [3.63, 3.8) is 0 Å². The lowest BCUT2D eigenvalue weighted by atomic mass is 9.90. The first-order chi connectivity index (χ1) is 9.17. The van der Waals surface area contributed by atoms with E-state index < -0.39 is 0 Å². The molecule has 4 heteroatoms. The van der Waals surface area contributed by atoms with Crippen molar-refractivity contribution in [3.8, 4) is 0 Å². The highest BCUT2D eigenvalue weighted by Gasteiger charge is 2.31. The number of rotatable bonds is 3. The molecule has 1 N–H and O–H groups in total. The fourth-order valence-corrected chi connectivity index (χ4v) is 2.65. The fraction of sp³-hybridized carbons (Fsp3) is 0.467. The van der Waals surface area contributed by atoms with Crippen LogP contribution in [0.4, 0.5) is 0 Å². The van der Waals surface area contributed by atoms with E-state index in [0.717, 1.165) is 19.1 Å². The quantitative estimate of drug-likeness (QED) is 0.843. The maximum absolute atomic E-state index is 12.4. The van der Waals surface area contributed by atoms with Crippen LogP contribution in [0.5, 0.6) is 0 Å². The molecule has 1 aliphatic rings. The van der Waals surface area contributed by atoms with Gasteiger partial charge in [-0.2, -0.15) is 0 Å². The van der Waals surface area contributed by atoms with E-state index in [-0.39, 0.29) is 18.6 Å². The van der Waals surface area contributed by atoms with Crippen LogP contribution >= 0.6 is 0 Å². The summed E-state index contributed by atoms with van der Waals surface area (Å²) in [6, 6.07) is 6.51. The summed E-state index contributed by atoms with van der Waals surface area (Å²) in [7, 11) is 0. The summed E-state index contributed by atoms with van der Waals surface area (Å²) < 4.78 is 0. The number of amides is 1. The molecule has 0 radical (unpaired) electrons. The third-order valence-corrected chi connectivity index (χ3v) is 3.86. The van der Waals surface area contributed by atoms with Crippen molar-refractivity contribution < 1.29 is 14.7 Å². The molecule has 1 aromatic carbocycles. The number of carbonyl (C=O) groups is 2. The lowest BCUT2D eigenvalue weighted by molar-refractivity contribution is 0.0358. The number of nitrogens with zero attached hydrogens (tertiary/aromatic N) is 1. The van der Waals surface area contributed by atoms with Gasteiger partial charge in [0.1, 0.15) is 6.29 Å². The molecular formula is C15H19NO3. The minimum Gasteiger partial charge on any atom is -0.394 e. The zero-order valence-corrected chi connectivity index (χ0v) is 11.1. The van der Waals surface area contributed by atoms with Gasteiger partial charge in [0.25, 0.3) is 5.91 Å². The second kappa shape index (κ2) is 5.97. The van der Waals surface area contributed by atoms with Crippen LogP contribution in [0.3, 0.4) is 0 Å². The highest BCUT2D eigenvalue weighted by Crippen LogP contribution is 2.24. The standard InChI is InChI=1S/C15H19NO3/c1-11-3-2-8-16(14(11)10-18)15(19)13-6-4-12(9-17)5-7-13/h4-7,9,11,14,18H,2-3,8,10H2,1H3. The van der Waals surface area contributed by atoms with Gasteiger partial charge >= 0.3 is 0 Å². The Labute approximate surface area is 113 Å². The van der Waals surface area contributed by atoms with Gasteiger partial charge < -0.3 is 10.0 Å². The van der Waals surface area contributed by atoms with Gasteiger partial charge in [0.2, 0.25) is 0 Å². The molecule has 4 nitrogen and oxygen atoms in total. The molecule has 1 heterocycles. The molecule has 102 valence electrons. The summed E-state index contributed by atoms with van der Waals surface area (Å²) >= 11 is 0. The number of piperidine rings is 1. The number of aliphatic hydroxyl groups excluding tert-OH is 1. The molecular weight excluding hydrogens is 242 g/mol. The predicted molar refractivity (Wildman–Crippen MR) is 72.1 cm³/mol. The second-order valence-electron chi connectivity index (χ2n) is 5.11. The summed E-state index contributed by atoms with van der Waals surface area (Å²) in [4.78, 5) is 24.8. The molecule has 1 aliphatic heterocycles. The lowest BCUT2D eigenvalue weighted by Crippen LogP contribution is -2.49. The summed E-state index contributed by atoms with van der Waals surface area (Å²) in [5.74, 6) is 0.250. The maximum atomic E-state index is 12.4. The van der Waals surface area contributed by atoms with Crippen molar-refractivity contribution in [3.05, 3.63) is 35.4 Å². The normalized spacial score (nSPS) is 23.2. The second-order valence-corrected chi connectivity index (χ2v) is 5.11. The van der Waals surface area contributed by atoms with E-state index >= 15 is 0 Å². The van der Waals surface area contributed by atoms with Gasteiger partial charge in [-0.3, -0.25) is 9.59 Å². The Morgan fingerprint density at radius 2 is 2.11 bits per heavy atom. The number of aldehydes is 1. The Morgan fingerprint density at radius 1 is 1.42 bits per heavy atom. The van der Waals surface area contributed by atoms with Gasteiger partial charge in [0.15, 0.2) is 0 Å². The number of hydrogen-bond acceptors (Lipinski definition) is 3. The van der Waals surface area contributed by atoms with Crippen molar-refractivity contribution in [1.82, 2.24) is 4.90 Å². The van der Waals surface area contributed by atoms with Crippen molar-refractivity contribution in [2.75, 3.05) is 13.2 Å². The molecule has 0 bridgehead atoms. The van der Waals surface area contributed by atoms with Crippen molar-refractivity contribution in [2.24, 2.45) is 5.92 Å². The Bertz CT molecular complexity index is 455. The molecule has 1 amide bonds. The predicted octanol–water partition coefficient (Wildman–Crippen LogP) is 1.73. The SMILES string of the molecule is CC1CCCN(C(=O)c2ccc(C=O)cc2)C1CO. The van der Waals surface area contributed by atoms with Gasteiger partial charge in [0, 0.05) is 17.7 Å². The summed E-state index contributed by atoms with van der Waals surface area (Å²) in [6.45, 7) is 2.75. The number of likely N-dealkylation sites (tertiary alicyclic amines) is 1. The van der Waals surface area contributed by atoms with Crippen LogP contribution in [-0.2, 0) is 0 Å². The van der Waals surface area contributed by atoms with E-state index in [4.69, 9.17) is 0 Å². The highest BCUT2D eigenvalue weighted by molar-refractivity contribution is 5.95. The van der Waals surface area contributed by atoms with E-state index in [1.165, 1.54) is 0 Å². The summed E-state index contributed by atoms with van der Waals surface area (Å²) in [6.07, 6.45) is 2.77. The van der Waals surface area contributed by atoms with Gasteiger partial charge in [-0.25, -0.2) is 0 Å². The zero-order chi connectivity index (χ0) is 13.8. The maximum Gasteiger partial charge on any atom is 0.254 e. The first-order valence-electron chi connectivity index (χ1n) is 6.64. The van der Waals surface area contributed by atoms with Gasteiger partial charge in [0.05, 0.1) is 12.6 Å². The van der Waals surface area contributed by atoms with Gasteiger partial charge in [-0.1, -0.05) is 19.1 Å². The van der Waals surface area contributed by atoms with Gasteiger partial charge in [-0.05, 0) is 30.9 Å². The number of carbonyl (C=O) groups excluding carboxylic acids is 2. The van der Waals surface area contributed by atoms with E-state index in [1.807, 2.05) is 0 Å². The Balaban J connectivity index is 2.19. The fourth-order valence-electron chi connectivity index (χ4n) is 2.65. The monoisotopic (exact) mass is 261 g/mol. The third-order valence-electron chi connectivity index (χ3n) is 3.86. The van der Waals surface area contributed by atoms with Crippen molar-refractivity contribution >= 4 is 12.2 Å². The summed E-state index contributed by atoms with van der Waals surface area (Å²) in [5, 5.41) is 9.47. The molecule has 2 unspecified atom stereocenters. The number of hydrogen-bond donors (Lipinski definition) is 1. The Morgan fingerprint density at radius 3 is 2.68 bits per heavy atom. The van der Waals surface area contributed by atoms with E-state index in [2.05, 4.69) is 6.92 Å². The Hall–Kier alpha value is -1.68. The topological polar surface area (TPSA) is 57.6 Å². The molecule has 0 aromatic heterocycles. The third kappa shape index (κ3) is 2.84. The van der Waals surface area contributed by atoms with Crippen LogP contribution in [0.2, 0.25) is 0 Å². The van der Waals surface area contributed by atoms with Crippen LogP contribution in [0.25, 0.3) is 0 Å². The minimum atomic E-state index is -0.105. The lowest BCUT2D eigenvalue weighted by Gasteiger charge is -2.39. The van der Waals surface area contributed by atoms with E-state index in [0.29, 0.717) is 23.6 Å². The first kappa shape index (κ1) is 13.7. The largest absolute Gasteiger partial charge is 0.394 e. The average molecular weight is 261 g/mol. The molecule has 1 fully saturated rings. The molecule has 1 aromatic rings. The van der Waals surface area contributed by atoms with E-state index in [9.17, 15) is 14.7 Å². The zero-order valence-electron chi connectivity index (χ0n) is 11.1. The van der Waals surface area contributed by atoms with Crippen LogP contribution in [0.1, 0.15) is 40.5 Å². The summed E-state index contributed by atoms with van der Waals surface area (Å²) in [5.41, 5.74) is 1.13. The Kier molecular flexibility index (Phi) is 4.32. The van der Waals surface area contributed by atoms with Crippen LogP contribution in [0, 0.1) is 5.92 Å². The average Bonchev–Trinajstić information content (AvgIpc) is 2.46. The highest BCUT2D eigenvalue weighted by atomic mass is 16.3. The molecule has 1 saturated heterocycles. The molecule has 0 spiro atoms. The van der Waals surface area contributed by atoms with Crippen molar-refractivity contribution in [2.45, 2.75) is 25.8 Å². The molecule has 2 atom stereocenters. The van der Waals surface area contributed by atoms with Crippen LogP contribution < -0.4 is 0 Å². The molecule has 0 aliphatic carbocycles. The van der Waals surface area contributed by atoms with Gasteiger partial charge in [-0.15, -0.1) is 0 Å². The molecule has 2 rings (SSSR count). The van der Waals surface area contributed by atoms with E-state index in [1.54, 1.807) is 29.2 Å². The first-order valence-corrected chi connectivity index (χ1v) is 6.64.